The van der Waals surface area contributed by atoms with Gasteiger partial charge in [0.1, 0.15) is 11.0 Å². The van der Waals surface area contributed by atoms with Crippen LogP contribution in [0.3, 0.4) is 0 Å². The van der Waals surface area contributed by atoms with Crippen molar-refractivity contribution in [3.8, 4) is 0 Å². The van der Waals surface area contributed by atoms with Crippen LogP contribution >= 0.6 is 0 Å². The first kappa shape index (κ1) is 13.3. The predicted octanol–water partition coefficient (Wildman–Crippen LogP) is 1.39. The van der Waals surface area contributed by atoms with E-state index in [-0.39, 0.29) is 11.8 Å². The van der Waals surface area contributed by atoms with E-state index < -0.39 is 0 Å². The highest BCUT2D eigenvalue weighted by Gasteiger charge is 2.30. The van der Waals surface area contributed by atoms with Crippen molar-refractivity contribution in [3.05, 3.63) is 35.9 Å². The molecule has 0 N–H and O–H groups in total. The molecule has 0 atom stereocenters. The van der Waals surface area contributed by atoms with E-state index in [1.54, 1.807) is 31.2 Å². The highest BCUT2D eigenvalue weighted by Crippen LogP contribution is 2.18. The van der Waals surface area contributed by atoms with Crippen LogP contribution in [0.25, 0.3) is 11.0 Å². The molecule has 1 aliphatic heterocycles. The number of nitrogens with zero attached hydrogens (tertiary/aromatic N) is 4. The molecule has 0 spiro atoms. The molecule has 1 saturated heterocycles. The van der Waals surface area contributed by atoms with Crippen LogP contribution in [0.4, 0.5) is 0 Å². The van der Waals surface area contributed by atoms with E-state index in [9.17, 15) is 9.59 Å². The Morgan fingerprint density at radius 3 is 2.76 bits per heavy atom. The lowest BCUT2D eigenvalue weighted by atomic mass is 10.2. The van der Waals surface area contributed by atoms with Crippen LogP contribution in [-0.2, 0) is 4.79 Å². The van der Waals surface area contributed by atoms with Crippen molar-refractivity contribution in [1.29, 1.82) is 0 Å². The normalized spacial score (nSPS) is 15.3. The maximum Gasteiger partial charge on any atom is 0.272 e. The average Bonchev–Trinajstić information content (AvgIpc) is 3.14. The summed E-state index contributed by atoms with van der Waals surface area (Å²) in [7, 11) is 0. The Morgan fingerprint density at radius 2 is 1.95 bits per heavy atom. The molecule has 7 heteroatoms. The second-order valence-electron chi connectivity index (χ2n) is 4.71. The molecule has 108 valence electrons. The van der Waals surface area contributed by atoms with Gasteiger partial charge in [0.2, 0.25) is 0 Å². The van der Waals surface area contributed by atoms with Crippen LogP contribution in [0.5, 0.6) is 0 Å². The zero-order chi connectivity index (χ0) is 14.8. The van der Waals surface area contributed by atoms with Gasteiger partial charge in [0.05, 0.1) is 0 Å². The summed E-state index contributed by atoms with van der Waals surface area (Å²) in [5.41, 5.74) is 1.57. The molecule has 0 saturated carbocycles. The molecule has 0 radical (unpaired) electrons. The van der Waals surface area contributed by atoms with Crippen molar-refractivity contribution in [3.63, 3.8) is 0 Å². The number of allylic oxidation sites excluding steroid dienone is 1. The van der Waals surface area contributed by atoms with Crippen LogP contribution in [-0.4, -0.2) is 45.2 Å². The third kappa shape index (κ3) is 2.37. The fourth-order valence-electron chi connectivity index (χ4n) is 2.34. The first-order valence-electron chi connectivity index (χ1n) is 6.69. The number of amides is 2. The largest absolute Gasteiger partial charge is 0.272 e. The summed E-state index contributed by atoms with van der Waals surface area (Å²) in [6, 6.07) is 4.95. The number of hydrazine groups is 1. The maximum absolute atomic E-state index is 12.6. The molecule has 1 aromatic heterocycles. The number of carbonyl (C=O) groups excluding carboxylic acids is 2. The Labute approximate surface area is 120 Å². The number of benzene rings is 1. The van der Waals surface area contributed by atoms with Crippen LogP contribution < -0.4 is 0 Å². The lowest BCUT2D eigenvalue weighted by Gasteiger charge is -2.26. The summed E-state index contributed by atoms with van der Waals surface area (Å²) >= 11 is 0. The summed E-state index contributed by atoms with van der Waals surface area (Å²) in [4.78, 5) is 24.5. The van der Waals surface area contributed by atoms with E-state index in [0.29, 0.717) is 29.7 Å². The van der Waals surface area contributed by atoms with Gasteiger partial charge >= 0.3 is 0 Å². The highest BCUT2D eigenvalue weighted by molar-refractivity contribution is 5.99. The van der Waals surface area contributed by atoms with Crippen LogP contribution in [0, 0.1) is 0 Å². The summed E-state index contributed by atoms with van der Waals surface area (Å²) in [5, 5.41) is 10.4. The molecule has 3 rings (SSSR count). The molecular formula is C14H14N4O3. The molecule has 2 heterocycles. The molecule has 0 unspecified atom stereocenters. The maximum atomic E-state index is 12.6. The minimum Gasteiger partial charge on any atom is -0.268 e. The summed E-state index contributed by atoms with van der Waals surface area (Å²) < 4.78 is 4.62. The van der Waals surface area contributed by atoms with Gasteiger partial charge in [0.15, 0.2) is 0 Å². The van der Waals surface area contributed by atoms with Gasteiger partial charge in [-0.25, -0.2) is 14.6 Å². The molecule has 0 bridgehead atoms. The molecule has 7 nitrogen and oxygen atoms in total. The Bertz CT molecular complexity index is 722. The zero-order valence-corrected chi connectivity index (χ0v) is 11.5. The third-order valence-corrected chi connectivity index (χ3v) is 3.33. The minimum atomic E-state index is -0.227. The SMILES string of the molecule is CC=CC(=O)N1CCCN1C(=O)c1ccc2nonc2c1. The highest BCUT2D eigenvalue weighted by atomic mass is 16.6. The Morgan fingerprint density at radius 1 is 1.19 bits per heavy atom. The van der Waals surface area contributed by atoms with Crippen LogP contribution in [0.1, 0.15) is 23.7 Å². The van der Waals surface area contributed by atoms with Crippen molar-refractivity contribution in [2.24, 2.45) is 0 Å². The van der Waals surface area contributed by atoms with E-state index >= 15 is 0 Å². The van der Waals surface area contributed by atoms with Crippen molar-refractivity contribution in [2.45, 2.75) is 13.3 Å². The molecule has 0 aliphatic carbocycles. The Balaban J connectivity index is 1.87. The number of fused-ring (bicyclic) bond motifs is 1. The molecule has 1 aliphatic rings. The molecule has 1 fully saturated rings. The summed E-state index contributed by atoms with van der Waals surface area (Å²) in [5.74, 6) is -0.414. The zero-order valence-electron chi connectivity index (χ0n) is 11.5. The first-order valence-corrected chi connectivity index (χ1v) is 6.69. The van der Waals surface area contributed by atoms with Gasteiger partial charge in [0.25, 0.3) is 11.8 Å². The minimum absolute atomic E-state index is 0.187. The van der Waals surface area contributed by atoms with Crippen molar-refractivity contribution in [2.75, 3.05) is 13.1 Å². The number of carbonyl (C=O) groups is 2. The van der Waals surface area contributed by atoms with E-state index in [4.69, 9.17) is 0 Å². The van der Waals surface area contributed by atoms with Crippen LogP contribution in [0.2, 0.25) is 0 Å². The van der Waals surface area contributed by atoms with E-state index in [2.05, 4.69) is 14.9 Å². The monoisotopic (exact) mass is 286 g/mol. The van der Waals surface area contributed by atoms with E-state index in [1.165, 1.54) is 16.1 Å². The fourth-order valence-corrected chi connectivity index (χ4v) is 2.34. The number of aromatic nitrogens is 2. The Hall–Kier alpha value is -2.70. The van der Waals surface area contributed by atoms with E-state index in [1.807, 2.05) is 0 Å². The molecule has 21 heavy (non-hydrogen) atoms. The van der Waals surface area contributed by atoms with Gasteiger partial charge in [-0.05, 0) is 41.9 Å². The average molecular weight is 286 g/mol. The van der Waals surface area contributed by atoms with Gasteiger partial charge < -0.3 is 0 Å². The number of rotatable bonds is 2. The molecule has 2 aromatic rings. The number of hydrogen-bond donors (Lipinski definition) is 0. The first-order chi connectivity index (χ1) is 10.2. The lowest BCUT2D eigenvalue weighted by molar-refractivity contribution is -0.135. The van der Waals surface area contributed by atoms with Crippen molar-refractivity contribution < 1.29 is 14.2 Å². The lowest BCUT2D eigenvalue weighted by Crippen LogP contribution is -2.44. The standard InChI is InChI=1S/C14H14N4O3/c1-2-4-13(19)17-7-3-8-18(17)14(20)10-5-6-11-12(9-10)16-21-15-11/h2,4-6,9H,3,7-8H2,1H3. The van der Waals surface area contributed by atoms with Crippen LogP contribution in [0.15, 0.2) is 35.0 Å². The van der Waals surface area contributed by atoms with Crippen molar-refractivity contribution in [1.82, 2.24) is 20.3 Å². The van der Waals surface area contributed by atoms with E-state index in [0.717, 1.165) is 6.42 Å². The third-order valence-electron chi connectivity index (χ3n) is 3.33. The second-order valence-corrected chi connectivity index (χ2v) is 4.71. The van der Waals surface area contributed by atoms with Gasteiger partial charge in [-0.15, -0.1) is 0 Å². The van der Waals surface area contributed by atoms with Gasteiger partial charge in [-0.3, -0.25) is 9.59 Å². The quantitative estimate of drug-likeness (QED) is 0.779. The number of hydrogen-bond acceptors (Lipinski definition) is 5. The smallest absolute Gasteiger partial charge is 0.268 e. The molecule has 2 amide bonds. The van der Waals surface area contributed by atoms with Gasteiger partial charge in [-0.2, -0.15) is 0 Å². The summed E-state index contributed by atoms with van der Waals surface area (Å²) in [6.45, 7) is 2.84. The topological polar surface area (TPSA) is 79.5 Å². The second kappa shape index (κ2) is 5.35. The predicted molar refractivity (Wildman–Crippen MR) is 74.0 cm³/mol. The summed E-state index contributed by atoms with van der Waals surface area (Å²) in [6.07, 6.45) is 3.88. The van der Waals surface area contributed by atoms with Crippen molar-refractivity contribution >= 4 is 22.8 Å². The molecule has 1 aromatic carbocycles. The van der Waals surface area contributed by atoms with Gasteiger partial charge in [0, 0.05) is 24.7 Å². The Kier molecular flexibility index (Phi) is 3.39. The molecular weight excluding hydrogens is 272 g/mol. The fraction of sp³-hybridized carbons (Fsp3) is 0.286. The van der Waals surface area contributed by atoms with Gasteiger partial charge in [-0.1, -0.05) is 6.08 Å².